The van der Waals surface area contributed by atoms with Gasteiger partial charge >= 0.3 is 0 Å². The first-order chi connectivity index (χ1) is 8.83. The summed E-state index contributed by atoms with van der Waals surface area (Å²) in [5.74, 6) is 2.68. The molecule has 2 heterocycles. The second-order valence-electron chi connectivity index (χ2n) is 5.57. The number of nitrogens with zero attached hydrogens (tertiary/aromatic N) is 4. The monoisotopic (exact) mass is 243 g/mol. The Labute approximate surface area is 106 Å². The Morgan fingerprint density at radius 1 is 1.22 bits per heavy atom. The summed E-state index contributed by atoms with van der Waals surface area (Å²) in [7, 11) is 1.92. The standard InChI is InChI=1S/C13H17N5/c1-18-13-10(6-16-18)12(14-7-15-13)17-11(8-2-3-8)9-4-5-9/h6-9,11H,2-5H2,1H3,(H,14,15,17). The van der Waals surface area contributed by atoms with E-state index in [1.165, 1.54) is 25.7 Å². The van der Waals surface area contributed by atoms with Crippen LogP contribution in [0.25, 0.3) is 11.0 Å². The van der Waals surface area contributed by atoms with Gasteiger partial charge in [0, 0.05) is 13.1 Å². The third kappa shape index (κ3) is 1.65. The zero-order valence-electron chi connectivity index (χ0n) is 10.5. The van der Waals surface area contributed by atoms with Crippen LogP contribution < -0.4 is 5.32 Å². The van der Waals surface area contributed by atoms with Crippen molar-refractivity contribution in [2.24, 2.45) is 18.9 Å². The van der Waals surface area contributed by atoms with Crippen molar-refractivity contribution in [3.8, 4) is 0 Å². The van der Waals surface area contributed by atoms with E-state index < -0.39 is 0 Å². The smallest absolute Gasteiger partial charge is 0.163 e. The molecule has 0 unspecified atom stereocenters. The molecule has 94 valence electrons. The maximum atomic E-state index is 4.40. The molecule has 2 aromatic heterocycles. The van der Waals surface area contributed by atoms with Gasteiger partial charge in [0.15, 0.2) is 5.65 Å². The first-order valence-corrected chi connectivity index (χ1v) is 6.72. The van der Waals surface area contributed by atoms with Crippen LogP contribution in [0.1, 0.15) is 25.7 Å². The fraction of sp³-hybridized carbons (Fsp3) is 0.615. The van der Waals surface area contributed by atoms with Gasteiger partial charge in [-0.15, -0.1) is 0 Å². The summed E-state index contributed by atoms with van der Waals surface area (Å²) in [5.41, 5.74) is 0.901. The third-order valence-electron chi connectivity index (χ3n) is 4.09. The molecular weight excluding hydrogens is 226 g/mol. The van der Waals surface area contributed by atoms with Crippen LogP contribution in [0.3, 0.4) is 0 Å². The van der Waals surface area contributed by atoms with Gasteiger partial charge in [-0.05, 0) is 37.5 Å². The number of fused-ring (bicyclic) bond motifs is 1. The molecule has 2 aliphatic carbocycles. The average Bonchev–Trinajstić information content (AvgIpc) is 3.27. The maximum Gasteiger partial charge on any atom is 0.163 e. The van der Waals surface area contributed by atoms with E-state index in [4.69, 9.17) is 0 Å². The van der Waals surface area contributed by atoms with Gasteiger partial charge in [0.05, 0.1) is 11.6 Å². The third-order valence-corrected chi connectivity index (χ3v) is 4.09. The fourth-order valence-corrected chi connectivity index (χ4v) is 2.77. The molecule has 2 aliphatic rings. The predicted molar refractivity (Wildman–Crippen MR) is 69.2 cm³/mol. The molecule has 5 nitrogen and oxygen atoms in total. The minimum Gasteiger partial charge on any atom is -0.366 e. The van der Waals surface area contributed by atoms with Crippen molar-refractivity contribution < 1.29 is 0 Å². The van der Waals surface area contributed by atoms with Gasteiger partial charge < -0.3 is 5.32 Å². The number of hydrogen-bond donors (Lipinski definition) is 1. The molecule has 0 bridgehead atoms. The van der Waals surface area contributed by atoms with Crippen molar-refractivity contribution in [3.63, 3.8) is 0 Å². The topological polar surface area (TPSA) is 55.6 Å². The van der Waals surface area contributed by atoms with Crippen LogP contribution in [0, 0.1) is 11.8 Å². The molecule has 0 radical (unpaired) electrons. The Kier molecular flexibility index (Phi) is 2.10. The highest BCUT2D eigenvalue weighted by Gasteiger charge is 2.41. The number of nitrogens with one attached hydrogen (secondary N) is 1. The van der Waals surface area contributed by atoms with Crippen LogP contribution in [0.4, 0.5) is 5.82 Å². The van der Waals surface area contributed by atoms with Crippen molar-refractivity contribution in [2.45, 2.75) is 31.7 Å². The summed E-state index contributed by atoms with van der Waals surface area (Å²) in [6, 6.07) is 0.614. The Hall–Kier alpha value is -1.65. The number of aryl methyl sites for hydroxylation is 1. The SMILES string of the molecule is Cn1ncc2c(NC(C3CC3)C3CC3)ncnc21. The summed E-state index contributed by atoms with van der Waals surface area (Å²) in [5, 5.41) is 8.95. The minimum atomic E-state index is 0.614. The molecule has 0 saturated heterocycles. The highest BCUT2D eigenvalue weighted by molar-refractivity contribution is 5.86. The summed E-state index contributed by atoms with van der Waals surface area (Å²) in [6.07, 6.45) is 8.97. The van der Waals surface area contributed by atoms with E-state index >= 15 is 0 Å². The summed E-state index contributed by atoms with van der Waals surface area (Å²) in [4.78, 5) is 8.68. The number of rotatable bonds is 4. The molecule has 2 aromatic rings. The van der Waals surface area contributed by atoms with Crippen molar-refractivity contribution in [3.05, 3.63) is 12.5 Å². The van der Waals surface area contributed by atoms with E-state index in [2.05, 4.69) is 20.4 Å². The van der Waals surface area contributed by atoms with Crippen molar-refractivity contribution >= 4 is 16.9 Å². The molecule has 18 heavy (non-hydrogen) atoms. The lowest BCUT2D eigenvalue weighted by Gasteiger charge is -2.18. The lowest BCUT2D eigenvalue weighted by Crippen LogP contribution is -2.24. The molecule has 0 aliphatic heterocycles. The average molecular weight is 243 g/mol. The van der Waals surface area contributed by atoms with Gasteiger partial charge in [-0.1, -0.05) is 0 Å². The van der Waals surface area contributed by atoms with Crippen LogP contribution in [0.15, 0.2) is 12.5 Å². The first-order valence-electron chi connectivity index (χ1n) is 6.72. The molecular formula is C13H17N5. The van der Waals surface area contributed by atoms with Gasteiger partial charge in [-0.2, -0.15) is 5.10 Å². The Morgan fingerprint density at radius 2 is 1.94 bits per heavy atom. The van der Waals surface area contributed by atoms with Crippen LogP contribution in [0.5, 0.6) is 0 Å². The highest BCUT2D eigenvalue weighted by Crippen LogP contribution is 2.46. The molecule has 2 fully saturated rings. The number of anilines is 1. The summed E-state index contributed by atoms with van der Waals surface area (Å²) in [6.45, 7) is 0. The minimum absolute atomic E-state index is 0.614. The van der Waals surface area contributed by atoms with E-state index in [1.54, 1.807) is 11.0 Å². The summed E-state index contributed by atoms with van der Waals surface area (Å²) < 4.78 is 1.80. The molecule has 2 saturated carbocycles. The normalized spacial score (nSPS) is 19.7. The molecule has 4 rings (SSSR count). The summed E-state index contributed by atoms with van der Waals surface area (Å²) >= 11 is 0. The largest absolute Gasteiger partial charge is 0.366 e. The number of hydrogen-bond acceptors (Lipinski definition) is 4. The van der Waals surface area contributed by atoms with Crippen molar-refractivity contribution in [2.75, 3.05) is 5.32 Å². The zero-order chi connectivity index (χ0) is 12.1. The van der Waals surface area contributed by atoms with Gasteiger partial charge in [0.25, 0.3) is 0 Å². The quantitative estimate of drug-likeness (QED) is 0.892. The Balaban J connectivity index is 1.68. The van der Waals surface area contributed by atoms with Gasteiger partial charge in [0.1, 0.15) is 12.1 Å². The molecule has 1 N–H and O–H groups in total. The molecule has 5 heteroatoms. The second-order valence-corrected chi connectivity index (χ2v) is 5.57. The van der Waals surface area contributed by atoms with Crippen LogP contribution in [-0.4, -0.2) is 25.8 Å². The zero-order valence-corrected chi connectivity index (χ0v) is 10.5. The van der Waals surface area contributed by atoms with E-state index in [1.807, 2.05) is 13.2 Å². The van der Waals surface area contributed by atoms with Gasteiger partial charge in [-0.25, -0.2) is 9.97 Å². The molecule has 0 spiro atoms. The fourth-order valence-electron chi connectivity index (χ4n) is 2.77. The second kappa shape index (κ2) is 3.67. The molecule has 0 atom stereocenters. The molecule has 0 aromatic carbocycles. The Morgan fingerprint density at radius 3 is 2.61 bits per heavy atom. The van der Waals surface area contributed by atoms with Crippen LogP contribution >= 0.6 is 0 Å². The lowest BCUT2D eigenvalue weighted by molar-refractivity contribution is 0.566. The van der Waals surface area contributed by atoms with E-state index in [0.29, 0.717) is 6.04 Å². The number of aromatic nitrogens is 4. The lowest BCUT2D eigenvalue weighted by atomic mass is 10.1. The van der Waals surface area contributed by atoms with E-state index in [-0.39, 0.29) is 0 Å². The van der Waals surface area contributed by atoms with E-state index in [9.17, 15) is 0 Å². The van der Waals surface area contributed by atoms with Gasteiger partial charge in [0.2, 0.25) is 0 Å². The predicted octanol–water partition coefficient (Wildman–Crippen LogP) is 1.96. The maximum absolute atomic E-state index is 4.40. The Bertz CT molecular complexity index is 570. The van der Waals surface area contributed by atoms with Crippen LogP contribution in [-0.2, 0) is 7.05 Å². The van der Waals surface area contributed by atoms with Crippen molar-refractivity contribution in [1.29, 1.82) is 0 Å². The van der Waals surface area contributed by atoms with Crippen molar-refractivity contribution in [1.82, 2.24) is 19.7 Å². The highest BCUT2D eigenvalue weighted by atomic mass is 15.3. The van der Waals surface area contributed by atoms with Gasteiger partial charge in [-0.3, -0.25) is 4.68 Å². The first kappa shape index (κ1) is 10.3. The van der Waals surface area contributed by atoms with E-state index in [0.717, 1.165) is 28.7 Å². The van der Waals surface area contributed by atoms with Crippen LogP contribution in [0.2, 0.25) is 0 Å². The molecule has 0 amide bonds.